The quantitative estimate of drug-likeness (QED) is 0.481. The maximum atomic E-state index is 13.0. The molecule has 1 heterocycles. The van der Waals surface area contributed by atoms with Crippen LogP contribution in [-0.4, -0.2) is 15.9 Å². The fourth-order valence-corrected chi connectivity index (χ4v) is 3.90. The molecular formula is C22H19N3OS. The van der Waals surface area contributed by atoms with Crippen molar-refractivity contribution in [1.29, 1.82) is 0 Å². The van der Waals surface area contributed by atoms with E-state index in [-0.39, 0.29) is 11.2 Å². The number of imidazole rings is 1. The first-order chi connectivity index (χ1) is 13.3. The molecule has 0 radical (unpaired) electrons. The van der Waals surface area contributed by atoms with Gasteiger partial charge in [-0.3, -0.25) is 4.79 Å². The molecule has 1 unspecified atom stereocenters. The molecule has 0 saturated carbocycles. The summed E-state index contributed by atoms with van der Waals surface area (Å²) in [6.07, 6.45) is 0. The van der Waals surface area contributed by atoms with Gasteiger partial charge in [0.1, 0.15) is 5.25 Å². The number of thioether (sulfide) groups is 1. The highest BCUT2D eigenvalue weighted by atomic mass is 32.2. The van der Waals surface area contributed by atoms with Gasteiger partial charge in [0.2, 0.25) is 5.91 Å². The molecule has 0 fully saturated rings. The number of hydrogen-bond acceptors (Lipinski definition) is 3. The Kier molecular flexibility index (Phi) is 5.21. The number of carbonyl (C=O) groups is 1. The van der Waals surface area contributed by atoms with Crippen LogP contribution in [0, 0.1) is 0 Å². The molecule has 0 aliphatic rings. The van der Waals surface area contributed by atoms with Crippen molar-refractivity contribution in [1.82, 2.24) is 15.3 Å². The van der Waals surface area contributed by atoms with E-state index in [0.717, 1.165) is 27.3 Å². The molecule has 4 aromatic rings. The van der Waals surface area contributed by atoms with Gasteiger partial charge in [-0.2, -0.15) is 0 Å². The van der Waals surface area contributed by atoms with Crippen molar-refractivity contribution in [3.05, 3.63) is 96.1 Å². The average Bonchev–Trinajstić information content (AvgIpc) is 3.14. The van der Waals surface area contributed by atoms with Gasteiger partial charge in [0, 0.05) is 6.54 Å². The zero-order valence-corrected chi connectivity index (χ0v) is 15.4. The van der Waals surface area contributed by atoms with E-state index in [1.807, 2.05) is 84.9 Å². The number of aromatic nitrogens is 2. The largest absolute Gasteiger partial charge is 0.351 e. The number of H-pyrrole nitrogens is 1. The van der Waals surface area contributed by atoms with E-state index in [1.165, 1.54) is 11.8 Å². The molecular weight excluding hydrogens is 354 g/mol. The number of para-hydroxylation sites is 2. The fourth-order valence-electron chi connectivity index (χ4n) is 2.88. The molecule has 0 aliphatic heterocycles. The van der Waals surface area contributed by atoms with E-state index < -0.39 is 0 Å². The molecule has 1 aromatic heterocycles. The lowest BCUT2D eigenvalue weighted by molar-refractivity contribution is -0.120. The van der Waals surface area contributed by atoms with E-state index in [1.54, 1.807) is 0 Å². The summed E-state index contributed by atoms with van der Waals surface area (Å²) in [6, 6.07) is 27.6. The summed E-state index contributed by atoms with van der Waals surface area (Å²) in [4.78, 5) is 20.9. The van der Waals surface area contributed by atoms with Crippen LogP contribution < -0.4 is 5.32 Å². The van der Waals surface area contributed by atoms with Crippen molar-refractivity contribution >= 4 is 28.7 Å². The molecule has 4 nitrogen and oxygen atoms in total. The maximum absolute atomic E-state index is 13.0. The van der Waals surface area contributed by atoms with Crippen LogP contribution in [0.4, 0.5) is 0 Å². The molecule has 0 bridgehead atoms. The van der Waals surface area contributed by atoms with Gasteiger partial charge in [0.05, 0.1) is 11.0 Å². The second-order valence-corrected chi connectivity index (χ2v) is 7.26. The first kappa shape index (κ1) is 17.4. The number of carbonyl (C=O) groups excluding carboxylic acids is 1. The number of fused-ring (bicyclic) bond motifs is 1. The first-order valence-corrected chi connectivity index (χ1v) is 9.65. The standard InChI is InChI=1S/C22H19N3OS/c26-21(23-15-16-9-3-1-4-10-16)20(17-11-5-2-6-12-17)27-22-24-18-13-7-8-14-19(18)25-22/h1-14,20H,15H2,(H,23,26)(H,24,25). The molecule has 27 heavy (non-hydrogen) atoms. The van der Waals surface area contributed by atoms with E-state index in [0.29, 0.717) is 6.54 Å². The van der Waals surface area contributed by atoms with Crippen molar-refractivity contribution < 1.29 is 4.79 Å². The third-order valence-corrected chi connectivity index (χ3v) is 5.39. The third kappa shape index (κ3) is 4.20. The van der Waals surface area contributed by atoms with E-state index >= 15 is 0 Å². The second kappa shape index (κ2) is 8.10. The minimum Gasteiger partial charge on any atom is -0.351 e. The summed E-state index contributed by atoms with van der Waals surface area (Å²) in [5.41, 5.74) is 3.90. The minimum absolute atomic E-state index is 0.0319. The SMILES string of the molecule is O=C(NCc1ccccc1)C(Sc1nc2ccccc2[nH]1)c1ccccc1. The van der Waals surface area contributed by atoms with Gasteiger partial charge in [-0.05, 0) is 23.3 Å². The van der Waals surface area contributed by atoms with Crippen molar-refractivity contribution in [2.45, 2.75) is 17.0 Å². The highest BCUT2D eigenvalue weighted by molar-refractivity contribution is 8.00. The predicted octanol–water partition coefficient (Wildman–Crippen LogP) is 4.71. The second-order valence-electron chi connectivity index (χ2n) is 6.17. The zero-order chi connectivity index (χ0) is 18.5. The van der Waals surface area contributed by atoms with Crippen LogP contribution in [0.15, 0.2) is 90.1 Å². The number of benzene rings is 3. The van der Waals surface area contributed by atoms with E-state index in [4.69, 9.17) is 0 Å². The Labute approximate surface area is 162 Å². The molecule has 3 aromatic carbocycles. The Morgan fingerprint density at radius 1 is 0.926 bits per heavy atom. The number of aromatic amines is 1. The lowest BCUT2D eigenvalue weighted by Crippen LogP contribution is -2.27. The molecule has 4 rings (SSSR count). The van der Waals surface area contributed by atoms with Crippen molar-refractivity contribution in [2.24, 2.45) is 0 Å². The summed E-state index contributed by atoms with van der Waals surface area (Å²) < 4.78 is 0. The van der Waals surface area contributed by atoms with Gasteiger partial charge in [0.25, 0.3) is 0 Å². The Balaban J connectivity index is 1.56. The topological polar surface area (TPSA) is 57.8 Å². The summed E-state index contributed by atoms with van der Waals surface area (Å²) in [7, 11) is 0. The molecule has 0 aliphatic carbocycles. The summed E-state index contributed by atoms with van der Waals surface area (Å²) in [5.74, 6) is -0.0319. The lowest BCUT2D eigenvalue weighted by Gasteiger charge is -2.16. The average molecular weight is 373 g/mol. The maximum Gasteiger partial charge on any atom is 0.238 e. The molecule has 134 valence electrons. The van der Waals surface area contributed by atoms with Crippen LogP contribution in [0.25, 0.3) is 11.0 Å². The molecule has 0 spiro atoms. The van der Waals surface area contributed by atoms with Gasteiger partial charge >= 0.3 is 0 Å². The van der Waals surface area contributed by atoms with Gasteiger partial charge in [-0.15, -0.1) is 0 Å². The molecule has 5 heteroatoms. The molecule has 0 saturated heterocycles. The highest BCUT2D eigenvalue weighted by Crippen LogP contribution is 2.34. The number of nitrogens with zero attached hydrogens (tertiary/aromatic N) is 1. The Bertz CT molecular complexity index is 998. The monoisotopic (exact) mass is 373 g/mol. The number of rotatable bonds is 6. The Hall–Kier alpha value is -3.05. The van der Waals surface area contributed by atoms with Crippen molar-refractivity contribution in [2.75, 3.05) is 0 Å². The normalized spacial score (nSPS) is 12.0. The number of amides is 1. The Morgan fingerprint density at radius 2 is 1.59 bits per heavy atom. The summed E-state index contributed by atoms with van der Waals surface area (Å²) >= 11 is 1.43. The highest BCUT2D eigenvalue weighted by Gasteiger charge is 2.23. The van der Waals surface area contributed by atoms with Gasteiger partial charge in [0.15, 0.2) is 5.16 Å². The molecule has 1 atom stereocenters. The smallest absolute Gasteiger partial charge is 0.238 e. The van der Waals surface area contributed by atoms with Crippen LogP contribution in [0.3, 0.4) is 0 Å². The Morgan fingerprint density at radius 3 is 2.33 bits per heavy atom. The number of hydrogen-bond donors (Lipinski definition) is 2. The van der Waals surface area contributed by atoms with E-state index in [9.17, 15) is 4.79 Å². The lowest BCUT2D eigenvalue weighted by atomic mass is 10.1. The van der Waals surface area contributed by atoms with E-state index in [2.05, 4.69) is 15.3 Å². The molecule has 2 N–H and O–H groups in total. The van der Waals surface area contributed by atoms with Crippen molar-refractivity contribution in [3.63, 3.8) is 0 Å². The fraction of sp³-hybridized carbons (Fsp3) is 0.0909. The van der Waals surface area contributed by atoms with Crippen molar-refractivity contribution in [3.8, 4) is 0 Å². The van der Waals surface area contributed by atoms with Crippen LogP contribution in [0.5, 0.6) is 0 Å². The van der Waals surface area contributed by atoms with Crippen LogP contribution in [-0.2, 0) is 11.3 Å². The van der Waals surface area contributed by atoms with Crippen LogP contribution in [0.2, 0.25) is 0 Å². The first-order valence-electron chi connectivity index (χ1n) is 8.77. The summed E-state index contributed by atoms with van der Waals surface area (Å²) in [6.45, 7) is 0.504. The third-order valence-electron chi connectivity index (χ3n) is 4.25. The van der Waals surface area contributed by atoms with Gasteiger partial charge in [-0.25, -0.2) is 4.98 Å². The number of nitrogens with one attached hydrogen (secondary N) is 2. The predicted molar refractivity (Wildman–Crippen MR) is 109 cm³/mol. The molecule has 1 amide bonds. The van der Waals surface area contributed by atoms with Crippen LogP contribution >= 0.6 is 11.8 Å². The van der Waals surface area contributed by atoms with Gasteiger partial charge < -0.3 is 10.3 Å². The van der Waals surface area contributed by atoms with Crippen LogP contribution in [0.1, 0.15) is 16.4 Å². The van der Waals surface area contributed by atoms with Gasteiger partial charge in [-0.1, -0.05) is 84.6 Å². The minimum atomic E-state index is -0.379. The summed E-state index contributed by atoms with van der Waals surface area (Å²) in [5, 5.41) is 3.41. The zero-order valence-electron chi connectivity index (χ0n) is 14.6.